The van der Waals surface area contributed by atoms with Crippen LogP contribution < -0.4 is 5.32 Å². The Bertz CT molecular complexity index is 577. The van der Waals surface area contributed by atoms with Gasteiger partial charge in [0.1, 0.15) is 5.82 Å². The molecule has 1 aliphatic heterocycles. The molecule has 1 aliphatic rings. The Labute approximate surface area is 126 Å². The van der Waals surface area contributed by atoms with Crippen molar-refractivity contribution in [1.29, 1.82) is 0 Å². The van der Waals surface area contributed by atoms with Crippen LogP contribution in [-0.2, 0) is 10.0 Å². The van der Waals surface area contributed by atoms with Crippen molar-refractivity contribution < 1.29 is 13.5 Å². The molecular weight excluding hydrogens is 290 g/mol. The number of aliphatic hydroxyl groups excluding tert-OH is 1. The number of anilines is 1. The average Bonchev–Trinajstić information content (AvgIpc) is 2.48. The lowest BCUT2D eigenvalue weighted by molar-refractivity contribution is 0.0628. The van der Waals surface area contributed by atoms with Crippen LogP contribution in [0, 0.1) is 5.92 Å². The van der Waals surface area contributed by atoms with Gasteiger partial charge in [-0.25, -0.2) is 13.4 Å². The molecule has 1 aromatic rings. The Morgan fingerprint density at radius 3 is 2.95 bits per heavy atom. The minimum Gasteiger partial charge on any atom is -0.393 e. The molecule has 0 spiro atoms. The second-order valence-corrected chi connectivity index (χ2v) is 7.44. The Balaban J connectivity index is 2.19. The van der Waals surface area contributed by atoms with Crippen LogP contribution in [0.15, 0.2) is 23.2 Å². The summed E-state index contributed by atoms with van der Waals surface area (Å²) in [7, 11) is -3.52. The largest absolute Gasteiger partial charge is 0.393 e. The third kappa shape index (κ3) is 3.72. The summed E-state index contributed by atoms with van der Waals surface area (Å²) in [5.41, 5.74) is 0. The zero-order chi connectivity index (χ0) is 15.5. The summed E-state index contributed by atoms with van der Waals surface area (Å²) < 4.78 is 26.8. The fraction of sp³-hybridized carbons (Fsp3) is 0.643. The van der Waals surface area contributed by atoms with Crippen molar-refractivity contribution in [3.05, 3.63) is 18.3 Å². The van der Waals surface area contributed by atoms with E-state index in [0.29, 0.717) is 25.3 Å². The number of rotatable bonds is 5. The molecule has 2 heterocycles. The fourth-order valence-corrected chi connectivity index (χ4v) is 3.95. The molecule has 2 atom stereocenters. The van der Waals surface area contributed by atoms with Gasteiger partial charge in [-0.05, 0) is 24.8 Å². The molecule has 0 bridgehead atoms. The monoisotopic (exact) mass is 313 g/mol. The van der Waals surface area contributed by atoms with Crippen LogP contribution in [-0.4, -0.2) is 48.6 Å². The molecule has 1 saturated heterocycles. The molecule has 1 aromatic heterocycles. The molecule has 0 aliphatic carbocycles. The highest BCUT2D eigenvalue weighted by Gasteiger charge is 2.32. The maximum atomic E-state index is 12.7. The van der Waals surface area contributed by atoms with Crippen molar-refractivity contribution in [2.45, 2.75) is 37.7 Å². The number of piperidine rings is 1. The van der Waals surface area contributed by atoms with E-state index in [1.807, 2.05) is 13.8 Å². The molecule has 0 amide bonds. The van der Waals surface area contributed by atoms with Crippen molar-refractivity contribution in [2.75, 3.05) is 25.0 Å². The van der Waals surface area contributed by atoms with Crippen LogP contribution >= 0.6 is 0 Å². The number of sulfonamides is 1. The van der Waals surface area contributed by atoms with Crippen molar-refractivity contribution in [1.82, 2.24) is 9.29 Å². The molecule has 7 heteroatoms. The Morgan fingerprint density at radius 2 is 2.29 bits per heavy atom. The van der Waals surface area contributed by atoms with Gasteiger partial charge in [0, 0.05) is 31.9 Å². The van der Waals surface area contributed by atoms with Crippen LogP contribution in [0.4, 0.5) is 5.82 Å². The normalized spacial score (nSPS) is 24.0. The van der Waals surface area contributed by atoms with Gasteiger partial charge in [0.05, 0.1) is 11.0 Å². The zero-order valence-corrected chi connectivity index (χ0v) is 13.3. The summed E-state index contributed by atoms with van der Waals surface area (Å²) in [5, 5.41) is 12.8. The van der Waals surface area contributed by atoms with Gasteiger partial charge in [-0.2, -0.15) is 4.31 Å². The standard InChI is InChI=1S/C14H23N3O3S/c1-3-6-15-14-9-12(4-7-16-14)21(19,20)17-8-5-13(18)11(2)10-17/h4,7,9,11,13,18H,3,5-6,8,10H2,1-2H3,(H,15,16). The summed E-state index contributed by atoms with van der Waals surface area (Å²) >= 11 is 0. The molecule has 2 rings (SSSR count). The molecule has 6 nitrogen and oxygen atoms in total. The molecule has 0 radical (unpaired) electrons. The van der Waals surface area contributed by atoms with E-state index in [2.05, 4.69) is 10.3 Å². The van der Waals surface area contributed by atoms with Crippen LogP contribution in [0.2, 0.25) is 0 Å². The number of nitrogens with one attached hydrogen (secondary N) is 1. The van der Waals surface area contributed by atoms with Gasteiger partial charge in [0.15, 0.2) is 0 Å². The third-order valence-corrected chi connectivity index (χ3v) is 5.61. The predicted molar refractivity (Wildman–Crippen MR) is 81.6 cm³/mol. The predicted octanol–water partition coefficient (Wildman–Crippen LogP) is 1.29. The quantitative estimate of drug-likeness (QED) is 0.856. The third-order valence-electron chi connectivity index (χ3n) is 3.75. The first kappa shape index (κ1) is 16.2. The first-order chi connectivity index (χ1) is 9.95. The summed E-state index contributed by atoms with van der Waals surface area (Å²) in [6.45, 7) is 5.36. The Morgan fingerprint density at radius 1 is 1.52 bits per heavy atom. The maximum Gasteiger partial charge on any atom is 0.243 e. The van der Waals surface area contributed by atoms with E-state index >= 15 is 0 Å². The molecule has 21 heavy (non-hydrogen) atoms. The first-order valence-electron chi connectivity index (χ1n) is 7.33. The Kier molecular flexibility index (Phi) is 5.18. The highest BCUT2D eigenvalue weighted by molar-refractivity contribution is 7.89. The zero-order valence-electron chi connectivity index (χ0n) is 12.5. The molecule has 2 N–H and O–H groups in total. The van der Waals surface area contributed by atoms with Crippen molar-refractivity contribution in [3.63, 3.8) is 0 Å². The van der Waals surface area contributed by atoms with Crippen molar-refractivity contribution in [2.24, 2.45) is 5.92 Å². The highest BCUT2D eigenvalue weighted by atomic mass is 32.2. The van der Waals surface area contributed by atoms with E-state index in [-0.39, 0.29) is 10.8 Å². The van der Waals surface area contributed by atoms with Crippen LogP contribution in [0.25, 0.3) is 0 Å². The van der Waals surface area contributed by atoms with Crippen LogP contribution in [0.3, 0.4) is 0 Å². The van der Waals surface area contributed by atoms with E-state index in [1.54, 1.807) is 6.07 Å². The second kappa shape index (κ2) is 6.72. The number of hydrogen-bond donors (Lipinski definition) is 2. The lowest BCUT2D eigenvalue weighted by atomic mass is 9.99. The van der Waals surface area contributed by atoms with Gasteiger partial charge < -0.3 is 10.4 Å². The minimum absolute atomic E-state index is 0.0481. The van der Waals surface area contributed by atoms with E-state index in [1.165, 1.54) is 16.6 Å². The van der Waals surface area contributed by atoms with Crippen molar-refractivity contribution >= 4 is 15.8 Å². The number of nitrogens with zero attached hydrogens (tertiary/aromatic N) is 2. The topological polar surface area (TPSA) is 82.5 Å². The van der Waals surface area contributed by atoms with Crippen LogP contribution in [0.1, 0.15) is 26.7 Å². The average molecular weight is 313 g/mol. The molecule has 0 saturated carbocycles. The summed E-state index contributed by atoms with van der Waals surface area (Å²) in [6, 6.07) is 3.09. The molecule has 0 aromatic carbocycles. The number of aromatic nitrogens is 1. The number of aliphatic hydroxyl groups is 1. The van der Waals surface area contributed by atoms with Gasteiger partial charge in [-0.1, -0.05) is 13.8 Å². The summed E-state index contributed by atoms with van der Waals surface area (Å²) in [5.74, 6) is 0.524. The van der Waals surface area contributed by atoms with Gasteiger partial charge in [0.2, 0.25) is 10.0 Å². The second-order valence-electron chi connectivity index (χ2n) is 5.50. The van der Waals surface area contributed by atoms with Gasteiger partial charge in [-0.3, -0.25) is 0 Å². The van der Waals surface area contributed by atoms with E-state index < -0.39 is 16.1 Å². The van der Waals surface area contributed by atoms with Crippen LogP contribution in [0.5, 0.6) is 0 Å². The van der Waals surface area contributed by atoms with Gasteiger partial charge in [-0.15, -0.1) is 0 Å². The number of hydrogen-bond acceptors (Lipinski definition) is 5. The maximum absolute atomic E-state index is 12.7. The van der Waals surface area contributed by atoms with Gasteiger partial charge >= 0.3 is 0 Å². The SMILES string of the molecule is CCCNc1cc(S(=O)(=O)N2CCC(O)C(C)C2)ccn1. The lowest BCUT2D eigenvalue weighted by Crippen LogP contribution is -2.44. The molecule has 118 valence electrons. The van der Waals surface area contributed by atoms with Crippen molar-refractivity contribution in [3.8, 4) is 0 Å². The van der Waals surface area contributed by atoms with Gasteiger partial charge in [0.25, 0.3) is 0 Å². The first-order valence-corrected chi connectivity index (χ1v) is 8.77. The fourth-order valence-electron chi connectivity index (χ4n) is 2.38. The minimum atomic E-state index is -3.52. The lowest BCUT2D eigenvalue weighted by Gasteiger charge is -2.33. The smallest absolute Gasteiger partial charge is 0.243 e. The molecular formula is C14H23N3O3S. The Hall–Kier alpha value is -1.18. The summed E-state index contributed by atoms with van der Waals surface area (Å²) in [4.78, 5) is 4.38. The molecule has 2 unspecified atom stereocenters. The highest BCUT2D eigenvalue weighted by Crippen LogP contribution is 2.24. The molecule has 1 fully saturated rings. The van der Waals surface area contributed by atoms with E-state index in [9.17, 15) is 13.5 Å². The van der Waals surface area contributed by atoms with E-state index in [0.717, 1.165) is 13.0 Å². The van der Waals surface area contributed by atoms with E-state index in [4.69, 9.17) is 0 Å². The summed E-state index contributed by atoms with van der Waals surface area (Å²) in [6.07, 6.45) is 2.51. The number of pyridine rings is 1.